The van der Waals surface area contributed by atoms with E-state index in [2.05, 4.69) is 4.98 Å². The lowest BCUT2D eigenvalue weighted by Gasteiger charge is -2.25. The van der Waals surface area contributed by atoms with Gasteiger partial charge in [0.25, 0.3) is 11.7 Å². The molecule has 3 aromatic rings. The van der Waals surface area contributed by atoms with E-state index in [0.29, 0.717) is 11.3 Å². The van der Waals surface area contributed by atoms with E-state index < -0.39 is 29.3 Å². The summed E-state index contributed by atoms with van der Waals surface area (Å²) in [6.45, 7) is 0.0279. The number of Topliss-reactive ketones (excluding diaryl/α,β-unsaturated/α-hetero) is 1. The Kier molecular flexibility index (Phi) is 5.49. The van der Waals surface area contributed by atoms with Crippen molar-refractivity contribution in [1.82, 2.24) is 9.88 Å². The average molecular weight is 418 g/mol. The van der Waals surface area contributed by atoms with Crippen molar-refractivity contribution in [2.75, 3.05) is 7.11 Å². The zero-order valence-electron chi connectivity index (χ0n) is 16.7. The van der Waals surface area contributed by atoms with Crippen LogP contribution in [-0.2, 0) is 16.1 Å². The van der Waals surface area contributed by atoms with E-state index >= 15 is 0 Å². The van der Waals surface area contributed by atoms with Gasteiger partial charge in [-0.25, -0.2) is 4.39 Å². The van der Waals surface area contributed by atoms with Crippen LogP contribution in [0.15, 0.2) is 78.6 Å². The number of hydrogen-bond acceptors (Lipinski definition) is 5. The number of pyridine rings is 1. The standard InChI is InChI=1S/C24H19FN2O4/c1-31-19-11-5-3-9-17(19)22(28)20-21(16-8-2-4-10-18(16)25)27(24(30)23(20)29)14-15-7-6-12-26-13-15/h2-13,21,28H,14H2,1H3/b22-20-. The first-order valence-corrected chi connectivity index (χ1v) is 9.58. The van der Waals surface area contributed by atoms with E-state index in [1.165, 1.54) is 30.2 Å². The summed E-state index contributed by atoms with van der Waals surface area (Å²) < 4.78 is 20.1. The molecule has 1 saturated heterocycles. The van der Waals surface area contributed by atoms with Crippen molar-refractivity contribution in [2.45, 2.75) is 12.6 Å². The predicted octanol–water partition coefficient (Wildman–Crippen LogP) is 3.85. The average Bonchev–Trinajstić information content (AvgIpc) is 3.04. The molecule has 0 aliphatic carbocycles. The Morgan fingerprint density at radius 1 is 1.10 bits per heavy atom. The molecule has 1 aromatic heterocycles. The molecule has 1 atom stereocenters. The topological polar surface area (TPSA) is 79.7 Å². The number of halogens is 1. The smallest absolute Gasteiger partial charge is 0.295 e. The second-order valence-electron chi connectivity index (χ2n) is 7.01. The molecule has 156 valence electrons. The van der Waals surface area contributed by atoms with Gasteiger partial charge in [0.1, 0.15) is 17.3 Å². The van der Waals surface area contributed by atoms with Gasteiger partial charge in [0.2, 0.25) is 0 Å². The minimum Gasteiger partial charge on any atom is -0.507 e. The summed E-state index contributed by atoms with van der Waals surface area (Å²) in [6.07, 6.45) is 3.16. The number of aliphatic hydroxyl groups is 1. The molecular formula is C24H19FN2O4. The van der Waals surface area contributed by atoms with E-state index in [4.69, 9.17) is 4.74 Å². The van der Waals surface area contributed by atoms with Crippen LogP contribution in [0, 0.1) is 5.82 Å². The van der Waals surface area contributed by atoms with Crippen LogP contribution in [0.25, 0.3) is 5.76 Å². The van der Waals surface area contributed by atoms with Crippen LogP contribution in [-0.4, -0.2) is 33.8 Å². The highest BCUT2D eigenvalue weighted by Gasteiger charge is 2.47. The first-order valence-electron chi connectivity index (χ1n) is 9.58. The highest BCUT2D eigenvalue weighted by Crippen LogP contribution is 2.42. The van der Waals surface area contributed by atoms with Crippen LogP contribution >= 0.6 is 0 Å². The normalized spacial score (nSPS) is 17.7. The third-order valence-electron chi connectivity index (χ3n) is 5.18. The van der Waals surface area contributed by atoms with Crippen molar-refractivity contribution < 1.29 is 23.8 Å². The van der Waals surface area contributed by atoms with E-state index in [1.54, 1.807) is 54.9 Å². The van der Waals surface area contributed by atoms with Crippen LogP contribution in [0.1, 0.15) is 22.7 Å². The van der Waals surface area contributed by atoms with Gasteiger partial charge in [-0.1, -0.05) is 36.4 Å². The summed E-state index contributed by atoms with van der Waals surface area (Å²) in [7, 11) is 1.43. The minimum atomic E-state index is -1.11. The third-order valence-corrected chi connectivity index (χ3v) is 5.18. The Morgan fingerprint density at radius 3 is 2.55 bits per heavy atom. The number of aromatic nitrogens is 1. The number of likely N-dealkylation sites (tertiary alicyclic amines) is 1. The number of rotatable bonds is 5. The molecule has 1 aliphatic heterocycles. The summed E-state index contributed by atoms with van der Waals surface area (Å²) >= 11 is 0. The predicted molar refractivity (Wildman–Crippen MR) is 111 cm³/mol. The van der Waals surface area contributed by atoms with E-state index in [0.717, 1.165) is 0 Å². The number of para-hydroxylation sites is 1. The van der Waals surface area contributed by atoms with Crippen LogP contribution < -0.4 is 4.74 Å². The fourth-order valence-corrected chi connectivity index (χ4v) is 3.74. The Balaban J connectivity index is 1.92. The highest BCUT2D eigenvalue weighted by molar-refractivity contribution is 6.46. The molecule has 1 N–H and O–H groups in total. The summed E-state index contributed by atoms with van der Waals surface area (Å²) in [4.78, 5) is 31.3. The Morgan fingerprint density at radius 2 is 1.84 bits per heavy atom. The number of benzene rings is 2. The molecule has 1 aliphatic rings. The summed E-state index contributed by atoms with van der Waals surface area (Å²) in [5.41, 5.74) is 0.833. The lowest BCUT2D eigenvalue weighted by Crippen LogP contribution is -2.29. The van der Waals surface area contributed by atoms with Crippen molar-refractivity contribution in [1.29, 1.82) is 0 Å². The van der Waals surface area contributed by atoms with Crippen molar-refractivity contribution in [3.8, 4) is 5.75 Å². The number of hydrogen-bond donors (Lipinski definition) is 1. The van der Waals surface area contributed by atoms with Gasteiger partial charge in [-0.15, -0.1) is 0 Å². The summed E-state index contributed by atoms with van der Waals surface area (Å²) in [6, 6.07) is 14.8. The quantitative estimate of drug-likeness (QED) is 0.387. The summed E-state index contributed by atoms with van der Waals surface area (Å²) in [5, 5.41) is 11.1. The van der Waals surface area contributed by atoms with Crippen LogP contribution in [0.5, 0.6) is 5.75 Å². The number of ketones is 1. The molecule has 1 amide bonds. The van der Waals surface area contributed by atoms with Crippen LogP contribution in [0.4, 0.5) is 4.39 Å². The van der Waals surface area contributed by atoms with Gasteiger partial charge >= 0.3 is 0 Å². The molecule has 1 unspecified atom stereocenters. The number of methoxy groups -OCH3 is 1. The van der Waals surface area contributed by atoms with Gasteiger partial charge in [0.05, 0.1) is 24.3 Å². The van der Waals surface area contributed by atoms with E-state index in [1.807, 2.05) is 0 Å². The van der Waals surface area contributed by atoms with Gasteiger partial charge in [-0.3, -0.25) is 14.6 Å². The van der Waals surface area contributed by atoms with Gasteiger partial charge in [0, 0.05) is 24.5 Å². The van der Waals surface area contributed by atoms with Crippen LogP contribution in [0.3, 0.4) is 0 Å². The highest BCUT2D eigenvalue weighted by atomic mass is 19.1. The van der Waals surface area contributed by atoms with Gasteiger partial charge < -0.3 is 14.7 Å². The molecule has 1 fully saturated rings. The zero-order chi connectivity index (χ0) is 22.0. The lowest BCUT2D eigenvalue weighted by atomic mass is 9.94. The fourth-order valence-electron chi connectivity index (χ4n) is 3.74. The van der Waals surface area contributed by atoms with E-state index in [-0.39, 0.29) is 23.2 Å². The SMILES string of the molecule is COc1ccccc1/C(O)=C1/C(=O)C(=O)N(Cc2cccnc2)C1c1ccccc1F. The Hall–Kier alpha value is -4.00. The molecule has 0 spiro atoms. The molecule has 31 heavy (non-hydrogen) atoms. The molecule has 2 aromatic carbocycles. The van der Waals surface area contributed by atoms with Gasteiger partial charge in [0.15, 0.2) is 0 Å². The number of amides is 1. The third kappa shape index (κ3) is 3.66. The molecular weight excluding hydrogens is 399 g/mol. The van der Waals surface area contributed by atoms with Crippen molar-refractivity contribution in [3.63, 3.8) is 0 Å². The first-order chi connectivity index (χ1) is 15.0. The molecule has 0 saturated carbocycles. The molecule has 0 radical (unpaired) electrons. The number of ether oxygens (including phenoxy) is 1. The molecule has 7 heteroatoms. The first kappa shape index (κ1) is 20.3. The van der Waals surface area contributed by atoms with E-state index in [9.17, 15) is 19.1 Å². The lowest BCUT2D eigenvalue weighted by molar-refractivity contribution is -0.140. The van der Waals surface area contributed by atoms with Crippen molar-refractivity contribution >= 4 is 17.4 Å². The number of nitrogens with zero attached hydrogens (tertiary/aromatic N) is 2. The number of aliphatic hydroxyl groups excluding tert-OH is 1. The molecule has 4 rings (SSSR count). The number of carbonyl (C=O) groups excluding carboxylic acids is 2. The fraction of sp³-hybridized carbons (Fsp3) is 0.125. The van der Waals surface area contributed by atoms with Crippen molar-refractivity contribution in [3.05, 3.63) is 101 Å². The monoisotopic (exact) mass is 418 g/mol. The van der Waals surface area contributed by atoms with Crippen molar-refractivity contribution in [2.24, 2.45) is 0 Å². The maximum absolute atomic E-state index is 14.8. The largest absolute Gasteiger partial charge is 0.507 e. The van der Waals surface area contributed by atoms with Gasteiger partial charge in [-0.2, -0.15) is 0 Å². The second-order valence-corrected chi connectivity index (χ2v) is 7.01. The molecule has 0 bridgehead atoms. The Labute approximate surface area is 178 Å². The Bertz CT molecular complexity index is 1180. The second kappa shape index (κ2) is 8.39. The maximum atomic E-state index is 14.8. The molecule has 2 heterocycles. The number of carbonyl (C=O) groups is 2. The molecule has 6 nitrogen and oxygen atoms in total. The minimum absolute atomic E-state index is 0.0279. The summed E-state index contributed by atoms with van der Waals surface area (Å²) in [5.74, 6) is -2.39. The van der Waals surface area contributed by atoms with Crippen LogP contribution in [0.2, 0.25) is 0 Å². The van der Waals surface area contributed by atoms with Gasteiger partial charge in [-0.05, 0) is 29.8 Å². The maximum Gasteiger partial charge on any atom is 0.295 e. The zero-order valence-corrected chi connectivity index (χ0v) is 16.7.